The maximum atomic E-state index is 12.3. The second-order valence-corrected chi connectivity index (χ2v) is 5.43. The minimum Gasteiger partial charge on any atom is -0.348 e. The molecule has 0 amide bonds. The quantitative estimate of drug-likeness (QED) is 0.695. The molecule has 8 heteroatoms. The molecule has 0 radical (unpaired) electrons. The van der Waals surface area contributed by atoms with Gasteiger partial charge in [-0.3, -0.25) is 14.2 Å². The number of nitrogens with one attached hydrogen (secondary N) is 1. The average molecular weight is 346 g/mol. The summed E-state index contributed by atoms with van der Waals surface area (Å²) in [5.41, 5.74) is 1.43. The van der Waals surface area contributed by atoms with Gasteiger partial charge in [0.2, 0.25) is 5.95 Å². The fourth-order valence-corrected chi connectivity index (χ4v) is 2.29. The van der Waals surface area contributed by atoms with Gasteiger partial charge >= 0.3 is 0 Å². The molecule has 26 heavy (non-hydrogen) atoms. The molecule has 0 aliphatic carbocycles. The van der Waals surface area contributed by atoms with Crippen molar-refractivity contribution in [1.29, 1.82) is 5.26 Å². The summed E-state index contributed by atoms with van der Waals surface area (Å²) in [5, 5.41) is 11.8. The summed E-state index contributed by atoms with van der Waals surface area (Å²) in [6.07, 6.45) is 2.92. The Balaban J connectivity index is 1.83. The standard InChI is InChI=1S/C18H14N6O2/c1-24-17(26)8-15(14-5-6-20-11-22-14)23-18(24)21-10-16(25)13-4-2-3-12(7-13)9-19/h2-8,11H,10H2,1H3,(H,21,23). The number of carbonyl (C=O) groups is 1. The summed E-state index contributed by atoms with van der Waals surface area (Å²) in [7, 11) is 1.56. The summed E-state index contributed by atoms with van der Waals surface area (Å²) in [6, 6.07) is 11.4. The first-order chi connectivity index (χ1) is 12.6. The van der Waals surface area contributed by atoms with E-state index in [9.17, 15) is 9.59 Å². The fraction of sp³-hybridized carbons (Fsp3) is 0.111. The highest BCUT2D eigenvalue weighted by atomic mass is 16.1. The second kappa shape index (κ2) is 7.36. The minimum atomic E-state index is -0.282. The Morgan fingerprint density at radius 3 is 2.85 bits per heavy atom. The van der Waals surface area contributed by atoms with Gasteiger partial charge in [-0.2, -0.15) is 5.26 Å². The van der Waals surface area contributed by atoms with Gasteiger partial charge in [-0.15, -0.1) is 0 Å². The molecule has 3 rings (SSSR count). The largest absolute Gasteiger partial charge is 0.348 e. The lowest BCUT2D eigenvalue weighted by molar-refractivity contribution is 0.101. The average Bonchev–Trinajstić information content (AvgIpc) is 2.69. The number of hydrogen-bond donors (Lipinski definition) is 1. The van der Waals surface area contributed by atoms with Gasteiger partial charge in [0.05, 0.1) is 29.6 Å². The molecular weight excluding hydrogens is 332 g/mol. The highest BCUT2D eigenvalue weighted by molar-refractivity contribution is 5.99. The zero-order valence-electron chi connectivity index (χ0n) is 13.9. The van der Waals surface area contributed by atoms with Crippen LogP contribution in [0.1, 0.15) is 15.9 Å². The van der Waals surface area contributed by atoms with Crippen molar-refractivity contribution < 1.29 is 4.79 Å². The molecule has 0 atom stereocenters. The number of aromatic nitrogens is 4. The number of Topliss-reactive ketones (excluding diaryl/α,β-unsaturated/α-hetero) is 1. The Morgan fingerprint density at radius 2 is 2.12 bits per heavy atom. The molecule has 0 saturated carbocycles. The van der Waals surface area contributed by atoms with Crippen LogP contribution in [0.4, 0.5) is 5.95 Å². The highest BCUT2D eigenvalue weighted by Gasteiger charge is 2.11. The van der Waals surface area contributed by atoms with Gasteiger partial charge in [0.25, 0.3) is 5.56 Å². The van der Waals surface area contributed by atoms with Crippen LogP contribution in [0.5, 0.6) is 0 Å². The van der Waals surface area contributed by atoms with Crippen molar-refractivity contribution in [2.75, 3.05) is 11.9 Å². The van der Waals surface area contributed by atoms with Gasteiger partial charge in [0, 0.05) is 24.9 Å². The monoisotopic (exact) mass is 346 g/mol. The van der Waals surface area contributed by atoms with Crippen LogP contribution in [0.2, 0.25) is 0 Å². The van der Waals surface area contributed by atoms with Gasteiger partial charge in [-0.05, 0) is 18.2 Å². The second-order valence-electron chi connectivity index (χ2n) is 5.43. The predicted molar refractivity (Wildman–Crippen MR) is 94.5 cm³/mol. The number of ketones is 1. The molecule has 0 unspecified atom stereocenters. The first kappa shape index (κ1) is 17.0. The van der Waals surface area contributed by atoms with Crippen molar-refractivity contribution in [2.24, 2.45) is 7.05 Å². The third-order valence-electron chi connectivity index (χ3n) is 3.70. The van der Waals surface area contributed by atoms with E-state index in [2.05, 4.69) is 20.3 Å². The van der Waals surface area contributed by atoms with E-state index >= 15 is 0 Å². The van der Waals surface area contributed by atoms with E-state index in [1.54, 1.807) is 37.5 Å². The number of nitrogens with zero attached hydrogens (tertiary/aromatic N) is 5. The molecular formula is C18H14N6O2. The molecule has 0 aliphatic heterocycles. The predicted octanol–water partition coefficient (Wildman–Crippen LogP) is 1.40. The molecule has 1 N–H and O–H groups in total. The van der Waals surface area contributed by atoms with Gasteiger partial charge in [0.1, 0.15) is 6.33 Å². The van der Waals surface area contributed by atoms with E-state index < -0.39 is 0 Å². The van der Waals surface area contributed by atoms with Crippen LogP contribution in [0.15, 0.2) is 53.7 Å². The Hall–Kier alpha value is -3.86. The van der Waals surface area contributed by atoms with Gasteiger partial charge in [0.15, 0.2) is 5.78 Å². The minimum absolute atomic E-state index is 0.0671. The Kier molecular flexibility index (Phi) is 4.80. The van der Waals surface area contributed by atoms with Crippen LogP contribution in [-0.2, 0) is 7.05 Å². The topological polar surface area (TPSA) is 114 Å². The third kappa shape index (κ3) is 3.62. The number of benzene rings is 1. The van der Waals surface area contributed by atoms with Crippen molar-refractivity contribution in [2.45, 2.75) is 0 Å². The molecule has 0 fully saturated rings. The number of nitriles is 1. The summed E-state index contributed by atoms with van der Waals surface area (Å²) >= 11 is 0. The maximum Gasteiger partial charge on any atom is 0.255 e. The van der Waals surface area contributed by atoms with Crippen molar-refractivity contribution in [3.8, 4) is 17.5 Å². The normalized spacial score (nSPS) is 10.2. The Labute approximate surface area is 148 Å². The van der Waals surface area contributed by atoms with E-state index in [-0.39, 0.29) is 23.8 Å². The molecule has 128 valence electrons. The van der Waals surface area contributed by atoms with Gasteiger partial charge in [-0.1, -0.05) is 12.1 Å². The fourth-order valence-electron chi connectivity index (χ4n) is 2.29. The smallest absolute Gasteiger partial charge is 0.255 e. The summed E-state index contributed by atoms with van der Waals surface area (Å²) in [5.74, 6) is 0.0275. The van der Waals surface area contributed by atoms with Gasteiger partial charge < -0.3 is 5.32 Å². The Bertz CT molecular complexity index is 1050. The number of rotatable bonds is 5. The zero-order chi connectivity index (χ0) is 18.5. The summed E-state index contributed by atoms with van der Waals surface area (Å²) in [6.45, 7) is -0.0671. The zero-order valence-corrected chi connectivity index (χ0v) is 13.9. The summed E-state index contributed by atoms with van der Waals surface area (Å²) < 4.78 is 1.31. The lowest BCUT2D eigenvalue weighted by atomic mass is 10.1. The van der Waals surface area contributed by atoms with E-state index in [0.717, 1.165) is 0 Å². The van der Waals surface area contributed by atoms with Crippen LogP contribution < -0.4 is 10.9 Å². The highest BCUT2D eigenvalue weighted by Crippen LogP contribution is 2.13. The SMILES string of the molecule is Cn1c(NCC(=O)c2cccc(C#N)c2)nc(-c2ccncn2)cc1=O. The van der Waals surface area contributed by atoms with Crippen LogP contribution in [0.25, 0.3) is 11.4 Å². The molecule has 3 aromatic rings. The van der Waals surface area contributed by atoms with E-state index in [0.29, 0.717) is 22.5 Å². The van der Waals surface area contributed by atoms with Crippen LogP contribution in [0, 0.1) is 11.3 Å². The summed E-state index contributed by atoms with van der Waals surface area (Å²) in [4.78, 5) is 36.8. The van der Waals surface area contributed by atoms with Crippen molar-refractivity contribution in [3.05, 3.63) is 70.4 Å². The Morgan fingerprint density at radius 1 is 1.27 bits per heavy atom. The first-order valence-corrected chi connectivity index (χ1v) is 7.70. The van der Waals surface area contributed by atoms with Crippen LogP contribution >= 0.6 is 0 Å². The van der Waals surface area contributed by atoms with E-state index in [1.807, 2.05) is 6.07 Å². The molecule has 0 aliphatic rings. The molecule has 0 saturated heterocycles. The van der Waals surface area contributed by atoms with Crippen LogP contribution in [0.3, 0.4) is 0 Å². The number of anilines is 1. The number of hydrogen-bond acceptors (Lipinski definition) is 7. The van der Waals surface area contributed by atoms with Crippen molar-refractivity contribution >= 4 is 11.7 Å². The van der Waals surface area contributed by atoms with Crippen LogP contribution in [-0.4, -0.2) is 31.8 Å². The molecule has 0 bridgehead atoms. The molecule has 2 heterocycles. The van der Waals surface area contributed by atoms with E-state index in [1.165, 1.54) is 23.0 Å². The molecule has 2 aromatic heterocycles. The van der Waals surface area contributed by atoms with Crippen molar-refractivity contribution in [3.63, 3.8) is 0 Å². The van der Waals surface area contributed by atoms with E-state index in [4.69, 9.17) is 5.26 Å². The van der Waals surface area contributed by atoms with Crippen molar-refractivity contribution in [1.82, 2.24) is 19.5 Å². The molecule has 0 spiro atoms. The molecule has 8 nitrogen and oxygen atoms in total. The maximum absolute atomic E-state index is 12.3. The third-order valence-corrected chi connectivity index (χ3v) is 3.70. The molecule has 1 aromatic carbocycles. The lowest BCUT2D eigenvalue weighted by Gasteiger charge is -2.11. The van der Waals surface area contributed by atoms with Gasteiger partial charge in [-0.25, -0.2) is 15.0 Å². The first-order valence-electron chi connectivity index (χ1n) is 7.70. The lowest BCUT2D eigenvalue weighted by Crippen LogP contribution is -2.24. The number of carbonyl (C=O) groups excluding carboxylic acids is 1.